The summed E-state index contributed by atoms with van der Waals surface area (Å²) in [5.74, 6) is -1.31. The van der Waals surface area contributed by atoms with Crippen LogP contribution < -0.4 is 10.1 Å². The van der Waals surface area contributed by atoms with Gasteiger partial charge >= 0.3 is 0 Å². The van der Waals surface area contributed by atoms with Crippen molar-refractivity contribution < 1.29 is 22.9 Å². The van der Waals surface area contributed by atoms with Crippen LogP contribution in [0.25, 0.3) is 0 Å². The molecule has 0 atom stereocenters. The molecule has 1 N–H and O–H groups in total. The van der Waals surface area contributed by atoms with Gasteiger partial charge in [0.05, 0.1) is 23.0 Å². The number of amides is 1. The molecular weight excluding hydrogens is 360 g/mol. The van der Waals surface area contributed by atoms with E-state index in [0.29, 0.717) is 23.6 Å². The number of benzene rings is 2. The molecule has 0 bridgehead atoms. The van der Waals surface area contributed by atoms with Crippen LogP contribution in [0, 0.1) is 10.1 Å². The number of anilines is 1. The predicted molar refractivity (Wildman–Crippen MR) is 96.8 cm³/mol. The first kappa shape index (κ1) is 19.4. The second-order valence-electron chi connectivity index (χ2n) is 5.43. The second kappa shape index (κ2) is 8.43. The molecule has 26 heavy (non-hydrogen) atoms. The number of carbonyl (C=O) groups is 1. The van der Waals surface area contributed by atoms with E-state index in [1.54, 1.807) is 31.2 Å². The van der Waals surface area contributed by atoms with Crippen LogP contribution in [0.1, 0.15) is 12.5 Å². The number of carbonyl (C=O) groups excluding carboxylic acids is 1. The van der Waals surface area contributed by atoms with Crippen molar-refractivity contribution in [3.05, 3.63) is 64.2 Å². The van der Waals surface area contributed by atoms with E-state index in [1.165, 1.54) is 24.3 Å². The lowest BCUT2D eigenvalue weighted by Crippen LogP contribution is -2.24. The van der Waals surface area contributed by atoms with Crippen LogP contribution in [0.3, 0.4) is 0 Å². The first-order valence-electron chi connectivity index (χ1n) is 7.76. The lowest BCUT2D eigenvalue weighted by Gasteiger charge is -2.11. The van der Waals surface area contributed by atoms with Crippen molar-refractivity contribution in [1.82, 2.24) is 0 Å². The van der Waals surface area contributed by atoms with Crippen LogP contribution >= 0.6 is 0 Å². The van der Waals surface area contributed by atoms with Crippen LogP contribution in [0.5, 0.6) is 5.75 Å². The molecule has 0 saturated heterocycles. The number of nitrogens with one attached hydrogen (secondary N) is 1. The van der Waals surface area contributed by atoms with Crippen LogP contribution in [0.15, 0.2) is 48.5 Å². The lowest BCUT2D eigenvalue weighted by molar-refractivity contribution is -0.384. The van der Waals surface area contributed by atoms with Gasteiger partial charge in [0.25, 0.3) is 5.69 Å². The Kier molecular flexibility index (Phi) is 6.29. The Morgan fingerprint density at radius 2 is 1.81 bits per heavy atom. The number of nitro groups is 1. The van der Waals surface area contributed by atoms with Gasteiger partial charge in [-0.05, 0) is 24.6 Å². The topological polar surface area (TPSA) is 116 Å². The van der Waals surface area contributed by atoms with Crippen LogP contribution in [-0.2, 0) is 20.4 Å². The van der Waals surface area contributed by atoms with E-state index in [1.807, 2.05) is 0 Å². The van der Waals surface area contributed by atoms with Crippen molar-refractivity contribution in [1.29, 1.82) is 0 Å². The minimum atomic E-state index is -3.73. The number of sulfone groups is 1. The smallest absolute Gasteiger partial charge is 0.269 e. The fourth-order valence-corrected chi connectivity index (χ4v) is 3.53. The van der Waals surface area contributed by atoms with E-state index in [2.05, 4.69) is 5.32 Å². The van der Waals surface area contributed by atoms with E-state index in [0.717, 1.165) is 0 Å². The summed E-state index contributed by atoms with van der Waals surface area (Å²) in [5.41, 5.74) is 0.638. The highest BCUT2D eigenvalue weighted by Gasteiger charge is 2.19. The van der Waals surface area contributed by atoms with Crippen LogP contribution in [0.2, 0.25) is 0 Å². The molecule has 0 aliphatic carbocycles. The predicted octanol–water partition coefficient (Wildman–Crippen LogP) is 2.55. The molecule has 0 aromatic heterocycles. The van der Waals surface area contributed by atoms with E-state index in [-0.39, 0.29) is 11.4 Å². The van der Waals surface area contributed by atoms with Gasteiger partial charge in [-0.25, -0.2) is 8.42 Å². The van der Waals surface area contributed by atoms with Crippen LogP contribution in [-0.4, -0.2) is 31.6 Å². The molecular formula is C17H18N2O6S. The number of nitrogens with zero attached hydrogens (tertiary/aromatic N) is 1. The molecule has 0 unspecified atom stereocenters. The molecule has 0 spiro atoms. The third kappa shape index (κ3) is 5.55. The quantitative estimate of drug-likeness (QED) is 0.557. The van der Waals surface area contributed by atoms with Gasteiger partial charge in [0.1, 0.15) is 11.5 Å². The third-order valence-corrected chi connectivity index (χ3v) is 4.82. The molecule has 0 heterocycles. The monoisotopic (exact) mass is 378 g/mol. The van der Waals surface area contributed by atoms with E-state index >= 15 is 0 Å². The van der Waals surface area contributed by atoms with E-state index in [4.69, 9.17) is 4.74 Å². The number of hydrogen-bond donors (Lipinski definition) is 1. The molecule has 9 heteroatoms. The Balaban J connectivity index is 2.02. The SMILES string of the molecule is CCOc1ccccc1NC(=O)CS(=O)(=O)Cc1ccc([N+](=O)[O-])cc1. The molecule has 138 valence electrons. The maximum absolute atomic E-state index is 12.2. The van der Waals surface area contributed by atoms with Gasteiger partial charge in [-0.1, -0.05) is 24.3 Å². The molecule has 1 amide bonds. The van der Waals surface area contributed by atoms with Crippen molar-refractivity contribution in [2.24, 2.45) is 0 Å². The zero-order valence-corrected chi connectivity index (χ0v) is 14.9. The van der Waals surface area contributed by atoms with Crippen LogP contribution in [0.4, 0.5) is 11.4 Å². The van der Waals surface area contributed by atoms with Crippen molar-refractivity contribution in [3.8, 4) is 5.75 Å². The van der Waals surface area contributed by atoms with Crippen molar-refractivity contribution in [2.45, 2.75) is 12.7 Å². The minimum Gasteiger partial charge on any atom is -0.492 e. The van der Waals surface area contributed by atoms with E-state index in [9.17, 15) is 23.3 Å². The summed E-state index contributed by atoms with van der Waals surface area (Å²) in [4.78, 5) is 22.1. The molecule has 0 aliphatic heterocycles. The normalized spacial score (nSPS) is 11.0. The Morgan fingerprint density at radius 1 is 1.15 bits per heavy atom. The summed E-state index contributed by atoms with van der Waals surface area (Å²) in [7, 11) is -3.73. The number of rotatable bonds is 8. The standard InChI is InChI=1S/C17H18N2O6S/c1-2-25-16-6-4-3-5-15(16)18-17(20)12-26(23,24)11-13-7-9-14(10-8-13)19(21)22/h3-10H,2,11-12H2,1H3,(H,18,20). The number of para-hydroxylation sites is 2. The molecule has 0 aliphatic rings. The van der Waals surface area contributed by atoms with Gasteiger partial charge < -0.3 is 10.1 Å². The summed E-state index contributed by atoms with van der Waals surface area (Å²) in [5, 5.41) is 13.1. The largest absolute Gasteiger partial charge is 0.492 e. The number of ether oxygens (including phenoxy) is 1. The highest BCUT2D eigenvalue weighted by atomic mass is 32.2. The highest BCUT2D eigenvalue weighted by Crippen LogP contribution is 2.23. The van der Waals surface area contributed by atoms with Gasteiger partial charge in [-0.3, -0.25) is 14.9 Å². The summed E-state index contributed by atoms with van der Waals surface area (Å²) < 4.78 is 29.8. The third-order valence-electron chi connectivity index (χ3n) is 3.35. The first-order valence-corrected chi connectivity index (χ1v) is 9.58. The molecule has 0 saturated carbocycles. The number of nitro benzene ring substituents is 1. The maximum atomic E-state index is 12.2. The molecule has 2 aromatic carbocycles. The summed E-state index contributed by atoms with van der Waals surface area (Å²) in [6.45, 7) is 2.21. The summed E-state index contributed by atoms with van der Waals surface area (Å²) in [6, 6.07) is 11.9. The Labute approximate surface area is 150 Å². The zero-order chi connectivity index (χ0) is 19.2. The molecule has 8 nitrogen and oxygen atoms in total. The average molecular weight is 378 g/mol. The maximum Gasteiger partial charge on any atom is 0.269 e. The molecule has 2 aromatic rings. The van der Waals surface area contributed by atoms with Gasteiger partial charge in [0, 0.05) is 12.1 Å². The van der Waals surface area contributed by atoms with Gasteiger partial charge in [0.15, 0.2) is 9.84 Å². The van der Waals surface area contributed by atoms with Crippen molar-refractivity contribution >= 4 is 27.1 Å². The van der Waals surface area contributed by atoms with E-state index < -0.39 is 26.4 Å². The first-order chi connectivity index (χ1) is 12.3. The Bertz CT molecular complexity index is 894. The molecule has 0 fully saturated rings. The lowest BCUT2D eigenvalue weighted by atomic mass is 10.2. The van der Waals surface area contributed by atoms with Gasteiger partial charge in [-0.15, -0.1) is 0 Å². The Hall–Kier alpha value is -2.94. The van der Waals surface area contributed by atoms with Crippen molar-refractivity contribution in [3.63, 3.8) is 0 Å². The highest BCUT2D eigenvalue weighted by molar-refractivity contribution is 7.91. The van der Waals surface area contributed by atoms with Gasteiger partial charge in [-0.2, -0.15) is 0 Å². The average Bonchev–Trinajstić information content (AvgIpc) is 2.56. The zero-order valence-electron chi connectivity index (χ0n) is 14.0. The van der Waals surface area contributed by atoms with Crippen molar-refractivity contribution in [2.75, 3.05) is 17.7 Å². The fourth-order valence-electron chi connectivity index (χ4n) is 2.26. The summed E-state index contributed by atoms with van der Waals surface area (Å²) in [6.07, 6.45) is 0. The Morgan fingerprint density at radius 3 is 2.42 bits per heavy atom. The van der Waals surface area contributed by atoms with Gasteiger partial charge in [0.2, 0.25) is 5.91 Å². The number of hydrogen-bond acceptors (Lipinski definition) is 6. The minimum absolute atomic E-state index is 0.128. The molecule has 2 rings (SSSR count). The molecule has 0 radical (unpaired) electrons. The summed E-state index contributed by atoms with van der Waals surface area (Å²) >= 11 is 0. The second-order valence-corrected chi connectivity index (χ2v) is 7.50. The number of non-ortho nitro benzene ring substituents is 1. The fraction of sp³-hybridized carbons (Fsp3) is 0.235.